The number of ether oxygens (including phenoxy) is 1. The van der Waals surface area contributed by atoms with Gasteiger partial charge in [-0.15, -0.1) is 0 Å². The Morgan fingerprint density at radius 1 is 1.19 bits per heavy atom. The summed E-state index contributed by atoms with van der Waals surface area (Å²) in [6.45, 7) is 2.89. The zero-order valence-corrected chi connectivity index (χ0v) is 11.8. The summed E-state index contributed by atoms with van der Waals surface area (Å²) >= 11 is 0. The highest BCUT2D eigenvalue weighted by molar-refractivity contribution is 6.47. The molecule has 3 aliphatic rings. The second-order valence-electron chi connectivity index (χ2n) is 5.93. The lowest BCUT2D eigenvalue weighted by Crippen LogP contribution is -2.61. The summed E-state index contributed by atoms with van der Waals surface area (Å²) in [5, 5.41) is 10.7. The van der Waals surface area contributed by atoms with Crippen molar-refractivity contribution in [1.29, 1.82) is 0 Å². The van der Waals surface area contributed by atoms with Gasteiger partial charge in [-0.1, -0.05) is 5.57 Å². The first kappa shape index (κ1) is 13.9. The van der Waals surface area contributed by atoms with Crippen LogP contribution in [-0.2, 0) is 23.9 Å². The average molecular weight is 290 g/mol. The summed E-state index contributed by atoms with van der Waals surface area (Å²) in [5.41, 5.74) is -3.85. The Morgan fingerprint density at radius 2 is 1.81 bits per heavy atom. The summed E-state index contributed by atoms with van der Waals surface area (Å²) in [5.74, 6) is -4.89. The van der Waals surface area contributed by atoms with E-state index in [9.17, 15) is 24.3 Å². The molecule has 0 amide bonds. The minimum absolute atomic E-state index is 0.152. The van der Waals surface area contributed by atoms with Gasteiger partial charge in [0.15, 0.2) is 17.2 Å². The number of rotatable bonds is 1. The Kier molecular flexibility index (Phi) is 2.49. The van der Waals surface area contributed by atoms with Crippen molar-refractivity contribution in [3.63, 3.8) is 0 Å². The highest BCUT2D eigenvalue weighted by Gasteiger charge is 2.77. The SMILES string of the molecule is COC1=CC(=O)C(=O)[C@]2(C)[C@H]1[C@H]1C(=O)[C@]2(O)C(=O)C=C1C. The third kappa shape index (κ3) is 1.22. The predicted molar refractivity (Wildman–Crippen MR) is 68.9 cm³/mol. The molecule has 1 fully saturated rings. The molecule has 0 saturated heterocycles. The van der Waals surface area contributed by atoms with Crippen LogP contribution >= 0.6 is 0 Å². The number of hydrogen-bond donors (Lipinski definition) is 1. The van der Waals surface area contributed by atoms with E-state index >= 15 is 0 Å². The minimum Gasteiger partial charge on any atom is -0.501 e. The molecular formula is C15H14O6. The van der Waals surface area contributed by atoms with Crippen molar-refractivity contribution in [1.82, 2.24) is 0 Å². The van der Waals surface area contributed by atoms with Crippen LogP contribution in [0.5, 0.6) is 0 Å². The second kappa shape index (κ2) is 3.76. The van der Waals surface area contributed by atoms with Crippen molar-refractivity contribution in [2.45, 2.75) is 19.4 Å². The standard InChI is InChI=1S/C15H14O6/c1-6-4-9(17)15(20)13(19)10(6)11-8(21-3)5-7(16)12(18)14(11,15)2/h4-5,10-11,20H,1-3H3/t10-,11+,14-,15+/m0/s1. The van der Waals surface area contributed by atoms with Crippen molar-refractivity contribution < 1.29 is 29.0 Å². The number of hydrogen-bond acceptors (Lipinski definition) is 6. The van der Waals surface area contributed by atoms with Gasteiger partial charge in [-0.05, 0) is 19.9 Å². The molecule has 1 saturated carbocycles. The Labute approximate surface area is 120 Å². The van der Waals surface area contributed by atoms with Gasteiger partial charge in [-0.2, -0.15) is 0 Å². The number of carbonyl (C=O) groups excluding carboxylic acids is 4. The molecule has 4 atom stereocenters. The largest absolute Gasteiger partial charge is 0.501 e. The Balaban J connectivity index is 2.38. The Morgan fingerprint density at radius 3 is 2.38 bits per heavy atom. The fraction of sp³-hybridized carbons (Fsp3) is 0.467. The van der Waals surface area contributed by atoms with Crippen LogP contribution in [0.25, 0.3) is 0 Å². The third-order valence-corrected chi connectivity index (χ3v) is 5.06. The fourth-order valence-electron chi connectivity index (χ4n) is 3.92. The van der Waals surface area contributed by atoms with Crippen LogP contribution < -0.4 is 0 Å². The normalized spacial score (nSPS) is 41.7. The third-order valence-electron chi connectivity index (χ3n) is 5.06. The molecule has 2 bridgehead atoms. The second-order valence-corrected chi connectivity index (χ2v) is 5.93. The van der Waals surface area contributed by atoms with Crippen LogP contribution in [0.15, 0.2) is 23.5 Å². The van der Waals surface area contributed by atoms with Crippen LogP contribution in [-0.4, -0.2) is 41.0 Å². The molecule has 0 aromatic carbocycles. The van der Waals surface area contributed by atoms with Gasteiger partial charge in [-0.25, -0.2) is 0 Å². The van der Waals surface area contributed by atoms with Gasteiger partial charge in [0.05, 0.1) is 18.4 Å². The minimum atomic E-state index is -2.49. The van der Waals surface area contributed by atoms with Crippen LogP contribution in [0.3, 0.4) is 0 Å². The highest BCUT2D eigenvalue weighted by atomic mass is 16.5. The topological polar surface area (TPSA) is 97.7 Å². The molecule has 0 aromatic heterocycles. The molecule has 0 unspecified atom stereocenters. The van der Waals surface area contributed by atoms with E-state index in [0.29, 0.717) is 5.57 Å². The molecule has 3 rings (SSSR count). The Hall–Kier alpha value is -2.08. The summed E-state index contributed by atoms with van der Waals surface area (Å²) in [6.07, 6.45) is 2.23. The zero-order valence-electron chi connectivity index (χ0n) is 11.8. The molecule has 0 radical (unpaired) electrons. The van der Waals surface area contributed by atoms with Crippen molar-refractivity contribution in [2.24, 2.45) is 17.3 Å². The average Bonchev–Trinajstić information content (AvgIpc) is 2.58. The summed E-state index contributed by atoms with van der Waals surface area (Å²) < 4.78 is 5.16. The lowest BCUT2D eigenvalue weighted by atomic mass is 9.62. The van der Waals surface area contributed by atoms with Crippen LogP contribution in [0.4, 0.5) is 0 Å². The Bertz CT molecular complexity index is 684. The maximum atomic E-state index is 12.6. The molecule has 0 heterocycles. The number of allylic oxidation sites excluding steroid dienone is 3. The van der Waals surface area contributed by atoms with Crippen molar-refractivity contribution in [3.8, 4) is 0 Å². The number of aliphatic hydroxyl groups is 1. The van der Waals surface area contributed by atoms with E-state index in [-0.39, 0.29) is 5.76 Å². The molecule has 21 heavy (non-hydrogen) atoms. The maximum absolute atomic E-state index is 12.6. The smallest absolute Gasteiger partial charge is 0.225 e. The first-order chi connectivity index (χ1) is 9.71. The van der Waals surface area contributed by atoms with Crippen LogP contribution in [0.2, 0.25) is 0 Å². The number of fused-ring (bicyclic) bond motifs is 5. The first-order valence-electron chi connectivity index (χ1n) is 6.55. The maximum Gasteiger partial charge on any atom is 0.225 e. The monoisotopic (exact) mass is 290 g/mol. The predicted octanol–water partition coefficient (Wildman–Crippen LogP) is -0.250. The van der Waals surface area contributed by atoms with Gasteiger partial charge in [0.1, 0.15) is 5.76 Å². The molecule has 0 spiro atoms. The van der Waals surface area contributed by atoms with Crippen molar-refractivity contribution in [3.05, 3.63) is 23.5 Å². The first-order valence-corrected chi connectivity index (χ1v) is 6.55. The van der Waals surface area contributed by atoms with E-state index in [4.69, 9.17) is 4.74 Å². The van der Waals surface area contributed by atoms with Gasteiger partial charge in [0, 0.05) is 12.0 Å². The van der Waals surface area contributed by atoms with Gasteiger partial charge in [-0.3, -0.25) is 19.2 Å². The van der Waals surface area contributed by atoms with Gasteiger partial charge >= 0.3 is 0 Å². The van der Waals surface area contributed by atoms with E-state index < -0.39 is 46.0 Å². The molecule has 0 aromatic rings. The number of ketones is 4. The summed E-state index contributed by atoms with van der Waals surface area (Å²) in [4.78, 5) is 49.1. The molecule has 3 aliphatic carbocycles. The zero-order chi connectivity index (χ0) is 15.7. The molecule has 6 nitrogen and oxygen atoms in total. The quantitative estimate of drug-likeness (QED) is 0.528. The van der Waals surface area contributed by atoms with E-state index in [1.165, 1.54) is 20.1 Å². The van der Waals surface area contributed by atoms with E-state index in [1.54, 1.807) is 6.92 Å². The van der Waals surface area contributed by atoms with Gasteiger partial charge in [0.2, 0.25) is 11.6 Å². The van der Waals surface area contributed by atoms with E-state index in [2.05, 4.69) is 0 Å². The molecule has 6 heteroatoms. The van der Waals surface area contributed by atoms with Gasteiger partial charge in [0.25, 0.3) is 0 Å². The van der Waals surface area contributed by atoms with Gasteiger partial charge < -0.3 is 9.84 Å². The van der Waals surface area contributed by atoms with Crippen LogP contribution in [0.1, 0.15) is 13.8 Å². The number of Topliss-reactive ketones (excluding diaryl/α,β-unsaturated/α-hetero) is 2. The van der Waals surface area contributed by atoms with E-state index in [1.807, 2.05) is 0 Å². The molecule has 0 aliphatic heterocycles. The lowest BCUT2D eigenvalue weighted by molar-refractivity contribution is -0.166. The van der Waals surface area contributed by atoms with E-state index in [0.717, 1.165) is 6.08 Å². The van der Waals surface area contributed by atoms with Crippen LogP contribution in [0, 0.1) is 17.3 Å². The molecule has 110 valence electrons. The fourth-order valence-corrected chi connectivity index (χ4v) is 3.92. The van der Waals surface area contributed by atoms with Crippen molar-refractivity contribution in [2.75, 3.05) is 7.11 Å². The number of methoxy groups -OCH3 is 1. The van der Waals surface area contributed by atoms with Crippen molar-refractivity contribution >= 4 is 23.1 Å². The number of carbonyl (C=O) groups is 4. The molecule has 1 N–H and O–H groups in total. The highest BCUT2D eigenvalue weighted by Crippen LogP contribution is 2.60. The molecular weight excluding hydrogens is 276 g/mol. The summed E-state index contributed by atoms with van der Waals surface area (Å²) in [6, 6.07) is 0. The lowest BCUT2D eigenvalue weighted by Gasteiger charge is -2.39. The summed E-state index contributed by atoms with van der Waals surface area (Å²) in [7, 11) is 1.33.